The highest BCUT2D eigenvalue weighted by Crippen LogP contribution is 2.33. The van der Waals surface area contributed by atoms with Crippen LogP contribution in [0.4, 0.5) is 10.1 Å². The number of benzene rings is 2. The molecule has 240 valence electrons. The van der Waals surface area contributed by atoms with Gasteiger partial charge in [-0.25, -0.2) is 9.18 Å². The second-order valence-electron chi connectivity index (χ2n) is 12.1. The van der Waals surface area contributed by atoms with E-state index in [1.807, 2.05) is 25.1 Å². The fourth-order valence-electron chi connectivity index (χ4n) is 6.02. The van der Waals surface area contributed by atoms with E-state index in [0.717, 1.165) is 22.8 Å². The van der Waals surface area contributed by atoms with E-state index in [2.05, 4.69) is 15.3 Å². The van der Waals surface area contributed by atoms with Gasteiger partial charge in [-0.05, 0) is 103 Å². The molecule has 1 atom stereocenters. The molecule has 1 fully saturated rings. The van der Waals surface area contributed by atoms with Gasteiger partial charge in [0.2, 0.25) is 5.91 Å². The number of nitrogens with zero attached hydrogens (tertiary/aromatic N) is 4. The van der Waals surface area contributed by atoms with Crippen molar-refractivity contribution < 1.29 is 28.3 Å². The molecule has 0 saturated heterocycles. The van der Waals surface area contributed by atoms with E-state index in [1.54, 1.807) is 50.8 Å². The molecule has 0 unspecified atom stereocenters. The average Bonchev–Trinajstić information content (AvgIpc) is 3.11. The van der Waals surface area contributed by atoms with E-state index in [4.69, 9.17) is 4.74 Å². The summed E-state index contributed by atoms with van der Waals surface area (Å²) >= 11 is 0. The lowest BCUT2D eigenvalue weighted by molar-refractivity contribution is -0.122. The van der Waals surface area contributed by atoms with Crippen LogP contribution in [0.25, 0.3) is 11.1 Å². The van der Waals surface area contributed by atoms with Gasteiger partial charge in [0.1, 0.15) is 18.0 Å². The molecule has 1 aliphatic heterocycles. The fraction of sp³-hybridized carbons (Fsp3) is 0.278. The molecule has 2 aromatic carbocycles. The smallest absolute Gasteiger partial charge is 0.339 e. The monoisotopic (exact) mass is 635 g/mol. The van der Waals surface area contributed by atoms with Gasteiger partial charge >= 0.3 is 5.97 Å². The lowest BCUT2D eigenvalue weighted by Crippen LogP contribution is -2.45. The number of hydrogen-bond acceptors (Lipinski definition) is 7. The summed E-state index contributed by atoms with van der Waals surface area (Å²) in [5.74, 6) is -2.08. The van der Waals surface area contributed by atoms with Gasteiger partial charge in [0.15, 0.2) is 0 Å². The summed E-state index contributed by atoms with van der Waals surface area (Å²) in [7, 11) is 1.63. The van der Waals surface area contributed by atoms with E-state index in [-0.39, 0.29) is 35.9 Å². The molecule has 0 bridgehead atoms. The first-order chi connectivity index (χ1) is 22.6. The van der Waals surface area contributed by atoms with Gasteiger partial charge in [0.25, 0.3) is 11.8 Å². The molecule has 3 amide bonds. The minimum Gasteiger partial charge on any atom is -0.459 e. The van der Waals surface area contributed by atoms with Crippen LogP contribution in [0.2, 0.25) is 0 Å². The summed E-state index contributed by atoms with van der Waals surface area (Å²) in [5.41, 5.74) is 4.30. The van der Waals surface area contributed by atoms with Crippen molar-refractivity contribution in [3.05, 3.63) is 113 Å². The maximum absolute atomic E-state index is 14.8. The molecule has 1 aliphatic carbocycles. The molecular weight excluding hydrogens is 601 g/mol. The van der Waals surface area contributed by atoms with Crippen LogP contribution in [0.3, 0.4) is 0 Å². The van der Waals surface area contributed by atoms with Crippen LogP contribution in [0, 0.1) is 18.7 Å². The Bertz CT molecular complexity index is 1860. The predicted molar refractivity (Wildman–Crippen MR) is 172 cm³/mol. The third-order valence-corrected chi connectivity index (χ3v) is 8.72. The van der Waals surface area contributed by atoms with Crippen LogP contribution in [0.15, 0.2) is 79.4 Å². The fourth-order valence-corrected chi connectivity index (χ4v) is 6.02. The maximum Gasteiger partial charge on any atom is 0.339 e. The van der Waals surface area contributed by atoms with Gasteiger partial charge in [-0.2, -0.15) is 0 Å². The first-order valence-corrected chi connectivity index (χ1v) is 15.4. The number of aryl methyl sites for hydroxylation is 1. The number of nitrogens with one attached hydrogen (secondary N) is 1. The van der Waals surface area contributed by atoms with Gasteiger partial charge in [0.05, 0.1) is 16.8 Å². The number of pyridine rings is 2. The van der Waals surface area contributed by atoms with Crippen molar-refractivity contribution in [1.82, 2.24) is 20.2 Å². The van der Waals surface area contributed by atoms with Crippen molar-refractivity contribution in [2.45, 2.75) is 45.4 Å². The van der Waals surface area contributed by atoms with Crippen LogP contribution in [0.5, 0.6) is 0 Å². The van der Waals surface area contributed by atoms with Gasteiger partial charge in [-0.1, -0.05) is 6.07 Å². The molecule has 1 saturated carbocycles. The second-order valence-corrected chi connectivity index (χ2v) is 12.1. The Kier molecular flexibility index (Phi) is 8.80. The Morgan fingerprint density at radius 2 is 1.72 bits per heavy atom. The Morgan fingerprint density at radius 1 is 0.957 bits per heavy atom. The molecule has 1 N–H and O–H groups in total. The molecule has 2 aromatic heterocycles. The summed E-state index contributed by atoms with van der Waals surface area (Å²) in [4.78, 5) is 63.6. The number of aromatic nitrogens is 2. The van der Waals surface area contributed by atoms with Gasteiger partial charge in [-0.15, -0.1) is 0 Å². The number of halogens is 1. The van der Waals surface area contributed by atoms with Crippen LogP contribution >= 0.6 is 0 Å². The molecule has 47 heavy (non-hydrogen) atoms. The van der Waals surface area contributed by atoms with Crippen LogP contribution < -0.4 is 10.2 Å². The van der Waals surface area contributed by atoms with E-state index >= 15 is 0 Å². The number of anilines is 1. The van der Waals surface area contributed by atoms with Crippen molar-refractivity contribution in [2.75, 3.05) is 18.5 Å². The lowest BCUT2D eigenvalue weighted by Gasteiger charge is -2.34. The van der Waals surface area contributed by atoms with Crippen LogP contribution in [-0.4, -0.2) is 64.3 Å². The van der Waals surface area contributed by atoms with Crippen molar-refractivity contribution in [3.63, 3.8) is 0 Å². The second kappa shape index (κ2) is 13.1. The number of likely N-dealkylation sites (N-methyl/N-ethyl adjacent to an activating group) is 1. The summed E-state index contributed by atoms with van der Waals surface area (Å²) in [6, 6.07) is 13.8. The standard InChI is InChI=1S/C36H34FN5O5/c1-21-10-28(19-39-17-21)36(46)47-30-13-23(14-30)18-40-33(43)27-11-24(12-29(37)15-27)20-42-22(2)34(44)41(3)32-16-26(4-5-31(32)35(42)45)25-6-8-38-9-7-25/h4-12,15-17,19,22-23,30H,13-14,18,20H2,1-3H3,(H,40,43)/t22-,23?,30?/m1/s1. The summed E-state index contributed by atoms with van der Waals surface area (Å²) in [5, 5.41) is 2.84. The predicted octanol–water partition coefficient (Wildman–Crippen LogP) is 4.96. The van der Waals surface area contributed by atoms with E-state index < -0.39 is 23.7 Å². The molecular formula is C36H34FN5O5. The summed E-state index contributed by atoms with van der Waals surface area (Å²) in [6.07, 6.45) is 7.43. The SMILES string of the molecule is Cc1cncc(C(=O)OC2CC(CNC(=O)c3cc(F)cc(CN4C(=O)c5ccc(-c6ccncc6)cc5N(C)C(=O)[C@H]4C)c3)C2)c1. The highest BCUT2D eigenvalue weighted by molar-refractivity contribution is 6.11. The lowest BCUT2D eigenvalue weighted by atomic mass is 9.82. The number of amides is 3. The minimum absolute atomic E-state index is 0.0741. The highest BCUT2D eigenvalue weighted by atomic mass is 19.1. The molecule has 2 aliphatic rings. The summed E-state index contributed by atoms with van der Waals surface area (Å²) < 4.78 is 20.3. The van der Waals surface area contributed by atoms with Crippen molar-refractivity contribution in [2.24, 2.45) is 5.92 Å². The third kappa shape index (κ3) is 6.74. The molecule has 0 radical (unpaired) electrons. The molecule has 4 aromatic rings. The molecule has 10 nitrogen and oxygen atoms in total. The first-order valence-electron chi connectivity index (χ1n) is 15.4. The largest absolute Gasteiger partial charge is 0.459 e. The minimum atomic E-state index is -0.840. The Hall–Kier alpha value is -5.45. The highest BCUT2D eigenvalue weighted by Gasteiger charge is 2.36. The van der Waals surface area contributed by atoms with Crippen LogP contribution in [0.1, 0.15) is 62.0 Å². The van der Waals surface area contributed by atoms with E-state index in [1.165, 1.54) is 28.1 Å². The molecule has 6 rings (SSSR count). The van der Waals surface area contributed by atoms with Crippen LogP contribution in [-0.2, 0) is 16.1 Å². The van der Waals surface area contributed by atoms with Crippen molar-refractivity contribution in [1.29, 1.82) is 0 Å². The number of rotatable bonds is 8. The first kappa shape index (κ1) is 31.5. The number of esters is 1. The average molecular weight is 636 g/mol. The zero-order valence-corrected chi connectivity index (χ0v) is 26.3. The van der Waals surface area contributed by atoms with E-state index in [0.29, 0.717) is 41.8 Å². The quantitative estimate of drug-likeness (QED) is 0.272. The number of ether oxygens (including phenoxy) is 1. The Balaban J connectivity index is 1.10. The van der Waals surface area contributed by atoms with Gasteiger partial charge in [-0.3, -0.25) is 24.4 Å². The Labute approximate surface area is 271 Å². The number of carbonyl (C=O) groups is 4. The van der Waals surface area contributed by atoms with Gasteiger partial charge < -0.3 is 19.9 Å². The maximum atomic E-state index is 14.8. The molecule has 3 heterocycles. The third-order valence-electron chi connectivity index (χ3n) is 8.72. The zero-order valence-electron chi connectivity index (χ0n) is 26.3. The number of fused-ring (bicyclic) bond motifs is 1. The van der Waals surface area contributed by atoms with Crippen molar-refractivity contribution >= 4 is 29.4 Å². The van der Waals surface area contributed by atoms with E-state index in [9.17, 15) is 23.6 Å². The normalized spacial score (nSPS) is 19.0. The summed E-state index contributed by atoms with van der Waals surface area (Å²) in [6.45, 7) is 3.75. The Morgan fingerprint density at radius 3 is 2.47 bits per heavy atom. The molecule has 0 spiro atoms. The van der Waals surface area contributed by atoms with Gasteiger partial charge in [0, 0.05) is 50.5 Å². The topological polar surface area (TPSA) is 122 Å². The number of carbonyl (C=O) groups excluding carboxylic acids is 4. The zero-order chi connectivity index (χ0) is 33.2. The number of hydrogen-bond donors (Lipinski definition) is 1. The van der Waals surface area contributed by atoms with Crippen molar-refractivity contribution in [3.8, 4) is 11.1 Å². The molecule has 11 heteroatoms.